The van der Waals surface area contributed by atoms with Gasteiger partial charge < -0.3 is 26.0 Å². The molecule has 1 aromatic rings. The molecule has 5 N–H and O–H groups in total. The fraction of sp³-hybridized carbons (Fsp3) is 0.500. The Labute approximate surface area is 169 Å². The van der Waals surface area contributed by atoms with Gasteiger partial charge in [0.1, 0.15) is 12.3 Å². The molecule has 3 unspecified atom stereocenters. The minimum Gasteiger partial charge on any atom is -0.507 e. The summed E-state index contributed by atoms with van der Waals surface area (Å²) >= 11 is 0. The molecule has 0 aliphatic carbocycles. The average Bonchev–Trinajstić information content (AvgIpc) is 2.68. The Bertz CT molecular complexity index is 763. The summed E-state index contributed by atoms with van der Waals surface area (Å²) in [5.41, 5.74) is 0.379. The van der Waals surface area contributed by atoms with Crippen molar-refractivity contribution in [3.05, 3.63) is 29.3 Å². The van der Waals surface area contributed by atoms with Crippen molar-refractivity contribution in [3.8, 4) is 5.75 Å². The molecule has 0 aliphatic rings. The van der Waals surface area contributed by atoms with E-state index in [4.69, 9.17) is 5.11 Å². The third kappa shape index (κ3) is 7.44. The second kappa shape index (κ2) is 11.0. The predicted octanol–water partition coefficient (Wildman–Crippen LogP) is 1.60. The molecule has 0 aromatic heterocycles. The van der Waals surface area contributed by atoms with Crippen molar-refractivity contribution in [2.24, 2.45) is 17.8 Å². The highest BCUT2D eigenvalue weighted by atomic mass is 16.4. The monoisotopic (exact) mass is 408 g/mol. The predicted molar refractivity (Wildman–Crippen MR) is 104 cm³/mol. The number of benzene rings is 1. The van der Waals surface area contributed by atoms with Crippen LogP contribution in [-0.2, 0) is 20.9 Å². The number of nitrogens with one attached hydrogen (secondary N) is 2. The van der Waals surface area contributed by atoms with E-state index in [-0.39, 0.29) is 23.8 Å². The lowest BCUT2D eigenvalue weighted by molar-refractivity contribution is -0.147. The van der Waals surface area contributed by atoms with E-state index in [2.05, 4.69) is 10.6 Å². The molecule has 0 spiro atoms. The molecule has 1 aromatic carbocycles. The van der Waals surface area contributed by atoms with Gasteiger partial charge >= 0.3 is 11.9 Å². The van der Waals surface area contributed by atoms with Gasteiger partial charge in [0.05, 0.1) is 11.5 Å². The molecule has 160 valence electrons. The molecule has 0 heterocycles. The minimum absolute atomic E-state index is 0.0261. The standard InChI is InChI=1S/C20H28N2O7/c1-4-11(2)7-14(20(28)29)12(3)18(26)21-9-13-5-6-16(23)15(8-13)19(27)22-10-17(24)25/h5-6,8,11-12,14,23H,4,7,9-10H2,1-3H3,(H,21,26)(H,22,27)(H,24,25)(H,28,29). The SMILES string of the molecule is CCC(C)CC(C(=O)O)C(C)C(=O)NCc1ccc(O)c(C(=O)NCC(=O)O)c1. The van der Waals surface area contributed by atoms with Crippen LogP contribution in [0.5, 0.6) is 5.75 Å². The summed E-state index contributed by atoms with van der Waals surface area (Å²) in [5.74, 6) is -5.11. The van der Waals surface area contributed by atoms with Gasteiger partial charge in [0.2, 0.25) is 5.91 Å². The molecule has 0 aliphatic heterocycles. The average molecular weight is 408 g/mol. The van der Waals surface area contributed by atoms with E-state index in [9.17, 15) is 29.4 Å². The molecule has 9 heteroatoms. The van der Waals surface area contributed by atoms with Crippen molar-refractivity contribution in [1.29, 1.82) is 0 Å². The fourth-order valence-electron chi connectivity index (χ4n) is 2.78. The number of carbonyl (C=O) groups is 4. The Morgan fingerprint density at radius 1 is 1.07 bits per heavy atom. The van der Waals surface area contributed by atoms with Gasteiger partial charge in [-0.15, -0.1) is 0 Å². The normalized spacial score (nSPS) is 13.8. The van der Waals surface area contributed by atoms with Crippen molar-refractivity contribution < 1.29 is 34.5 Å². The maximum absolute atomic E-state index is 12.4. The number of phenolic OH excluding ortho intramolecular Hbond substituents is 1. The highest BCUT2D eigenvalue weighted by molar-refractivity contribution is 5.98. The second-order valence-corrected chi connectivity index (χ2v) is 7.13. The highest BCUT2D eigenvalue weighted by Crippen LogP contribution is 2.23. The van der Waals surface area contributed by atoms with Crippen molar-refractivity contribution in [2.45, 2.75) is 40.2 Å². The van der Waals surface area contributed by atoms with Gasteiger partial charge in [0.15, 0.2) is 0 Å². The zero-order chi connectivity index (χ0) is 22.1. The van der Waals surface area contributed by atoms with Crippen LogP contribution in [0.4, 0.5) is 0 Å². The van der Waals surface area contributed by atoms with Crippen LogP contribution in [0.2, 0.25) is 0 Å². The molecule has 9 nitrogen and oxygen atoms in total. The molecular weight excluding hydrogens is 380 g/mol. The smallest absolute Gasteiger partial charge is 0.322 e. The number of carboxylic acids is 2. The van der Waals surface area contributed by atoms with Gasteiger partial charge in [-0.05, 0) is 30.0 Å². The Morgan fingerprint density at radius 2 is 1.72 bits per heavy atom. The molecule has 0 fully saturated rings. The largest absolute Gasteiger partial charge is 0.507 e. The van der Waals surface area contributed by atoms with Gasteiger partial charge in [-0.1, -0.05) is 33.3 Å². The first-order valence-electron chi connectivity index (χ1n) is 9.39. The van der Waals surface area contributed by atoms with Crippen LogP contribution in [0, 0.1) is 17.8 Å². The van der Waals surface area contributed by atoms with Crippen molar-refractivity contribution in [1.82, 2.24) is 10.6 Å². The molecule has 2 amide bonds. The lowest BCUT2D eigenvalue weighted by atomic mass is 9.84. The molecular formula is C20H28N2O7. The van der Waals surface area contributed by atoms with E-state index >= 15 is 0 Å². The summed E-state index contributed by atoms with van der Waals surface area (Å²) in [6, 6.07) is 4.11. The van der Waals surface area contributed by atoms with E-state index in [1.165, 1.54) is 18.2 Å². The van der Waals surface area contributed by atoms with Crippen LogP contribution in [0.25, 0.3) is 0 Å². The van der Waals surface area contributed by atoms with Crippen LogP contribution in [0.3, 0.4) is 0 Å². The topological polar surface area (TPSA) is 153 Å². The van der Waals surface area contributed by atoms with Crippen LogP contribution < -0.4 is 10.6 Å². The van der Waals surface area contributed by atoms with Gasteiger partial charge in [-0.3, -0.25) is 19.2 Å². The summed E-state index contributed by atoms with van der Waals surface area (Å²) in [6.07, 6.45) is 1.21. The van der Waals surface area contributed by atoms with E-state index < -0.39 is 42.1 Å². The number of amides is 2. The summed E-state index contributed by atoms with van der Waals surface area (Å²) in [6.45, 7) is 4.90. The first kappa shape index (κ1) is 23.9. The third-order valence-electron chi connectivity index (χ3n) is 4.86. The van der Waals surface area contributed by atoms with E-state index in [1.807, 2.05) is 13.8 Å². The Hall–Kier alpha value is -3.10. The number of hydrogen-bond acceptors (Lipinski definition) is 5. The van der Waals surface area contributed by atoms with Crippen molar-refractivity contribution >= 4 is 23.8 Å². The van der Waals surface area contributed by atoms with Crippen LogP contribution in [0.1, 0.15) is 49.5 Å². The Morgan fingerprint density at radius 3 is 2.28 bits per heavy atom. The molecule has 0 radical (unpaired) electrons. The van der Waals surface area contributed by atoms with Gasteiger partial charge in [-0.2, -0.15) is 0 Å². The van der Waals surface area contributed by atoms with E-state index in [0.29, 0.717) is 12.0 Å². The van der Waals surface area contributed by atoms with Crippen LogP contribution in [0.15, 0.2) is 18.2 Å². The first-order valence-corrected chi connectivity index (χ1v) is 9.39. The Balaban J connectivity index is 2.79. The number of hydrogen-bond donors (Lipinski definition) is 5. The lowest BCUT2D eigenvalue weighted by Gasteiger charge is -2.22. The van der Waals surface area contributed by atoms with E-state index in [1.54, 1.807) is 6.92 Å². The Kier molecular flexibility index (Phi) is 9.11. The maximum Gasteiger partial charge on any atom is 0.322 e. The summed E-state index contributed by atoms with van der Waals surface area (Å²) in [7, 11) is 0. The third-order valence-corrected chi connectivity index (χ3v) is 4.86. The van der Waals surface area contributed by atoms with Crippen molar-refractivity contribution in [2.75, 3.05) is 6.54 Å². The molecule has 1 rings (SSSR count). The molecule has 0 saturated heterocycles. The lowest BCUT2D eigenvalue weighted by Crippen LogP contribution is -2.37. The van der Waals surface area contributed by atoms with Gasteiger partial charge in [-0.25, -0.2) is 0 Å². The number of aliphatic carboxylic acids is 2. The van der Waals surface area contributed by atoms with Crippen LogP contribution >= 0.6 is 0 Å². The van der Waals surface area contributed by atoms with Crippen molar-refractivity contribution in [3.63, 3.8) is 0 Å². The summed E-state index contributed by atoms with van der Waals surface area (Å²) in [5, 5.41) is 32.7. The quantitative estimate of drug-likeness (QED) is 0.373. The maximum atomic E-state index is 12.4. The van der Waals surface area contributed by atoms with Gasteiger partial charge in [0.25, 0.3) is 5.91 Å². The number of aromatic hydroxyl groups is 1. The zero-order valence-electron chi connectivity index (χ0n) is 16.8. The zero-order valence-corrected chi connectivity index (χ0v) is 16.8. The second-order valence-electron chi connectivity index (χ2n) is 7.13. The molecule has 0 saturated carbocycles. The van der Waals surface area contributed by atoms with E-state index in [0.717, 1.165) is 6.42 Å². The number of carbonyl (C=O) groups excluding carboxylic acids is 2. The fourth-order valence-corrected chi connectivity index (χ4v) is 2.78. The minimum atomic E-state index is -1.22. The van der Waals surface area contributed by atoms with Crippen LogP contribution in [-0.4, -0.2) is 45.6 Å². The highest BCUT2D eigenvalue weighted by Gasteiger charge is 2.31. The summed E-state index contributed by atoms with van der Waals surface area (Å²) < 4.78 is 0. The first-order chi connectivity index (χ1) is 13.6. The summed E-state index contributed by atoms with van der Waals surface area (Å²) in [4.78, 5) is 46.5. The molecule has 3 atom stereocenters. The van der Waals surface area contributed by atoms with Gasteiger partial charge in [0, 0.05) is 12.5 Å². The number of phenols is 1. The molecule has 29 heavy (non-hydrogen) atoms. The number of carboxylic acid groups (broad SMARTS) is 2. The molecule has 0 bridgehead atoms. The number of rotatable bonds is 11.